The Morgan fingerprint density at radius 2 is 2.09 bits per heavy atom. The number of rotatable bonds is 5. The number of carbonyl (C=O) groups is 1. The lowest BCUT2D eigenvalue weighted by atomic mass is 9.69. The first-order chi connectivity index (χ1) is 10.6. The van der Waals surface area contributed by atoms with Gasteiger partial charge in [-0.25, -0.2) is 4.39 Å². The van der Waals surface area contributed by atoms with Crippen LogP contribution in [0.25, 0.3) is 11.3 Å². The van der Waals surface area contributed by atoms with Crippen molar-refractivity contribution in [1.82, 2.24) is 10.5 Å². The second kappa shape index (κ2) is 5.88. The van der Waals surface area contributed by atoms with Gasteiger partial charge >= 0.3 is 0 Å². The molecule has 2 aromatic rings. The Morgan fingerprint density at radius 3 is 2.68 bits per heavy atom. The molecule has 0 atom stereocenters. The number of nitrogens with zero attached hydrogens (tertiary/aromatic N) is 1. The van der Waals surface area contributed by atoms with E-state index < -0.39 is 0 Å². The van der Waals surface area contributed by atoms with E-state index in [1.807, 2.05) is 0 Å². The highest BCUT2D eigenvalue weighted by Gasteiger charge is 2.36. The summed E-state index contributed by atoms with van der Waals surface area (Å²) in [5.41, 5.74) is 0.643. The van der Waals surface area contributed by atoms with Gasteiger partial charge in [-0.1, -0.05) is 11.6 Å². The second-order valence-corrected chi connectivity index (χ2v) is 5.78. The van der Waals surface area contributed by atoms with Crippen LogP contribution >= 0.6 is 0 Å². The van der Waals surface area contributed by atoms with E-state index in [0.717, 1.165) is 19.3 Å². The minimum atomic E-state index is -0.337. The summed E-state index contributed by atoms with van der Waals surface area (Å²) >= 11 is 0. The Labute approximate surface area is 127 Å². The summed E-state index contributed by atoms with van der Waals surface area (Å²) in [6.07, 6.45) is 2.92. The Morgan fingerprint density at radius 1 is 1.36 bits per heavy atom. The van der Waals surface area contributed by atoms with Crippen molar-refractivity contribution in [2.24, 2.45) is 5.41 Å². The van der Waals surface area contributed by atoms with Gasteiger partial charge in [0, 0.05) is 23.6 Å². The fourth-order valence-corrected chi connectivity index (χ4v) is 2.56. The summed E-state index contributed by atoms with van der Waals surface area (Å²) in [4.78, 5) is 12.1. The van der Waals surface area contributed by atoms with Crippen molar-refractivity contribution in [2.45, 2.75) is 19.3 Å². The van der Waals surface area contributed by atoms with Gasteiger partial charge < -0.3 is 14.9 Å². The fourth-order valence-electron chi connectivity index (χ4n) is 2.56. The van der Waals surface area contributed by atoms with Crippen LogP contribution in [0.4, 0.5) is 4.39 Å². The molecule has 3 rings (SSSR count). The topological polar surface area (TPSA) is 75.4 Å². The standard InChI is InChI=1S/C16H17FN2O3/c17-12-4-2-11(3-5-12)14-8-13(19-22-14)15(21)18-9-16(10-20)6-1-7-16/h2-5,8,20H,1,6-7,9-10H2,(H,18,21). The summed E-state index contributed by atoms with van der Waals surface area (Å²) in [6, 6.07) is 7.28. The minimum Gasteiger partial charge on any atom is -0.396 e. The van der Waals surface area contributed by atoms with Crippen molar-refractivity contribution in [3.05, 3.63) is 41.8 Å². The van der Waals surface area contributed by atoms with Gasteiger partial charge in [-0.15, -0.1) is 0 Å². The molecule has 116 valence electrons. The second-order valence-electron chi connectivity index (χ2n) is 5.78. The van der Waals surface area contributed by atoms with Gasteiger partial charge in [-0.3, -0.25) is 4.79 Å². The van der Waals surface area contributed by atoms with Gasteiger partial charge in [0.1, 0.15) is 5.82 Å². The average Bonchev–Trinajstić information content (AvgIpc) is 2.97. The average molecular weight is 304 g/mol. The highest BCUT2D eigenvalue weighted by atomic mass is 19.1. The summed E-state index contributed by atoms with van der Waals surface area (Å²) < 4.78 is 18.0. The van der Waals surface area contributed by atoms with Crippen LogP contribution in [0, 0.1) is 11.2 Å². The van der Waals surface area contributed by atoms with Crippen molar-refractivity contribution in [3.63, 3.8) is 0 Å². The molecule has 0 radical (unpaired) electrons. The molecule has 1 aromatic heterocycles. The number of aromatic nitrogens is 1. The van der Waals surface area contributed by atoms with Gasteiger partial charge in [0.2, 0.25) is 0 Å². The molecular weight excluding hydrogens is 287 g/mol. The van der Waals surface area contributed by atoms with Crippen LogP contribution in [0.1, 0.15) is 29.8 Å². The zero-order valence-electron chi connectivity index (χ0n) is 12.0. The number of benzene rings is 1. The van der Waals surface area contributed by atoms with Crippen LogP contribution in [-0.4, -0.2) is 29.3 Å². The molecule has 1 saturated carbocycles. The monoisotopic (exact) mass is 304 g/mol. The number of hydrogen-bond acceptors (Lipinski definition) is 4. The zero-order chi connectivity index (χ0) is 15.6. The summed E-state index contributed by atoms with van der Waals surface area (Å²) in [7, 11) is 0. The number of nitrogens with one attached hydrogen (secondary N) is 1. The molecule has 0 spiro atoms. The van der Waals surface area contributed by atoms with E-state index >= 15 is 0 Å². The molecular formula is C16H17FN2O3. The van der Waals surface area contributed by atoms with E-state index in [4.69, 9.17) is 4.52 Å². The van der Waals surface area contributed by atoms with Crippen LogP contribution in [0.3, 0.4) is 0 Å². The number of hydrogen-bond donors (Lipinski definition) is 2. The van der Waals surface area contributed by atoms with Crippen molar-refractivity contribution >= 4 is 5.91 Å². The predicted octanol–water partition coefficient (Wildman–Crippen LogP) is 2.37. The van der Waals surface area contributed by atoms with Crippen LogP contribution in [-0.2, 0) is 0 Å². The highest BCUT2D eigenvalue weighted by Crippen LogP contribution is 2.39. The van der Waals surface area contributed by atoms with Crippen LogP contribution in [0.5, 0.6) is 0 Å². The molecule has 1 fully saturated rings. The van der Waals surface area contributed by atoms with E-state index in [1.54, 1.807) is 12.1 Å². The minimum absolute atomic E-state index is 0.0763. The number of amides is 1. The molecule has 1 amide bonds. The SMILES string of the molecule is O=C(NCC1(CO)CCC1)c1cc(-c2ccc(F)cc2)on1. The summed E-state index contributed by atoms with van der Waals surface area (Å²) in [6.45, 7) is 0.508. The third kappa shape index (κ3) is 2.87. The fraction of sp³-hybridized carbons (Fsp3) is 0.375. The zero-order valence-corrected chi connectivity index (χ0v) is 12.0. The molecule has 1 aromatic carbocycles. The normalized spacial score (nSPS) is 16.1. The lowest BCUT2D eigenvalue weighted by Gasteiger charge is -2.40. The third-order valence-electron chi connectivity index (χ3n) is 4.25. The predicted molar refractivity (Wildman–Crippen MR) is 77.6 cm³/mol. The molecule has 0 bridgehead atoms. The van der Waals surface area contributed by atoms with E-state index in [9.17, 15) is 14.3 Å². The molecule has 1 aliphatic carbocycles. The van der Waals surface area contributed by atoms with Crippen LogP contribution in [0.15, 0.2) is 34.9 Å². The van der Waals surface area contributed by atoms with Crippen molar-refractivity contribution < 1.29 is 18.8 Å². The van der Waals surface area contributed by atoms with Crippen LogP contribution < -0.4 is 5.32 Å². The molecule has 0 unspecified atom stereocenters. The molecule has 5 nitrogen and oxygen atoms in total. The largest absolute Gasteiger partial charge is 0.396 e. The Hall–Kier alpha value is -2.21. The first-order valence-corrected chi connectivity index (χ1v) is 7.24. The first kappa shape index (κ1) is 14.7. The maximum atomic E-state index is 12.9. The Bertz CT molecular complexity index is 657. The lowest BCUT2D eigenvalue weighted by Crippen LogP contribution is -2.44. The smallest absolute Gasteiger partial charge is 0.273 e. The molecule has 1 aliphatic rings. The van der Waals surface area contributed by atoms with E-state index in [1.165, 1.54) is 18.2 Å². The van der Waals surface area contributed by atoms with E-state index in [2.05, 4.69) is 10.5 Å². The van der Waals surface area contributed by atoms with Gasteiger partial charge in [-0.05, 0) is 37.1 Å². The van der Waals surface area contributed by atoms with Crippen molar-refractivity contribution in [1.29, 1.82) is 0 Å². The lowest BCUT2D eigenvalue weighted by molar-refractivity contribution is 0.0427. The van der Waals surface area contributed by atoms with Gasteiger partial charge in [0.05, 0.1) is 6.61 Å². The molecule has 6 heteroatoms. The number of carbonyl (C=O) groups excluding carboxylic acids is 1. The highest BCUT2D eigenvalue weighted by molar-refractivity contribution is 5.93. The molecule has 0 saturated heterocycles. The van der Waals surface area contributed by atoms with E-state index in [-0.39, 0.29) is 29.4 Å². The Balaban J connectivity index is 1.65. The number of aliphatic hydroxyl groups excluding tert-OH is 1. The maximum Gasteiger partial charge on any atom is 0.273 e. The third-order valence-corrected chi connectivity index (χ3v) is 4.25. The molecule has 22 heavy (non-hydrogen) atoms. The summed E-state index contributed by atoms with van der Waals surface area (Å²) in [5.74, 6) is -0.265. The number of aliphatic hydroxyl groups is 1. The van der Waals surface area contributed by atoms with Crippen molar-refractivity contribution in [2.75, 3.05) is 13.2 Å². The van der Waals surface area contributed by atoms with E-state index in [0.29, 0.717) is 17.9 Å². The van der Waals surface area contributed by atoms with Crippen LogP contribution in [0.2, 0.25) is 0 Å². The first-order valence-electron chi connectivity index (χ1n) is 7.24. The quantitative estimate of drug-likeness (QED) is 0.889. The van der Waals surface area contributed by atoms with Gasteiger partial charge in [0.25, 0.3) is 5.91 Å². The molecule has 1 heterocycles. The summed E-state index contributed by atoms with van der Waals surface area (Å²) in [5, 5.41) is 15.9. The Kier molecular flexibility index (Phi) is 3.94. The van der Waals surface area contributed by atoms with Crippen molar-refractivity contribution in [3.8, 4) is 11.3 Å². The molecule has 0 aliphatic heterocycles. The maximum absolute atomic E-state index is 12.9. The molecule has 2 N–H and O–H groups in total. The number of halogens is 1. The van der Waals surface area contributed by atoms with Gasteiger partial charge in [0.15, 0.2) is 11.5 Å². The van der Waals surface area contributed by atoms with Gasteiger partial charge in [-0.2, -0.15) is 0 Å².